The van der Waals surface area contributed by atoms with Gasteiger partial charge in [0.15, 0.2) is 0 Å². The molecule has 0 aromatic heterocycles. The van der Waals surface area contributed by atoms with Crippen molar-refractivity contribution in [2.45, 2.75) is 38.8 Å². The van der Waals surface area contributed by atoms with E-state index in [9.17, 15) is 0 Å². The highest BCUT2D eigenvalue weighted by Crippen LogP contribution is 2.09. The smallest absolute Gasteiger partial charge is 0.0698 e. The van der Waals surface area contributed by atoms with Crippen molar-refractivity contribution in [3.05, 3.63) is 0 Å². The molecule has 0 spiro atoms. The van der Waals surface area contributed by atoms with Crippen LogP contribution < -0.4 is 5.32 Å². The van der Waals surface area contributed by atoms with Gasteiger partial charge in [0, 0.05) is 25.2 Å². The molecule has 4 nitrogen and oxygen atoms in total. The third-order valence-electron chi connectivity index (χ3n) is 3.11. The van der Waals surface area contributed by atoms with Crippen molar-refractivity contribution in [3.63, 3.8) is 0 Å². The highest BCUT2D eigenvalue weighted by Gasteiger charge is 2.19. The first-order valence-electron chi connectivity index (χ1n) is 6.40. The Morgan fingerprint density at radius 1 is 1.44 bits per heavy atom. The van der Waals surface area contributed by atoms with Gasteiger partial charge in [0.1, 0.15) is 0 Å². The fourth-order valence-corrected chi connectivity index (χ4v) is 2.10. The second-order valence-electron chi connectivity index (χ2n) is 4.72. The Kier molecular flexibility index (Phi) is 6.96. The van der Waals surface area contributed by atoms with Gasteiger partial charge in [0.05, 0.1) is 19.8 Å². The Bertz CT molecular complexity index is 170. The standard InChI is InChI=1S/C12H26N2O2/c1-11(2)14(6-8-16-9-7-15)10-12-4-3-5-13-12/h11-13,15H,3-10H2,1-2H3. The number of aliphatic hydroxyl groups is 1. The number of aliphatic hydroxyl groups excluding tert-OH is 1. The van der Waals surface area contributed by atoms with Crippen LogP contribution >= 0.6 is 0 Å². The molecule has 4 heteroatoms. The SMILES string of the molecule is CC(C)N(CCOCCO)CC1CCCN1. The summed E-state index contributed by atoms with van der Waals surface area (Å²) in [5, 5.41) is 12.1. The van der Waals surface area contributed by atoms with Crippen molar-refractivity contribution in [1.29, 1.82) is 0 Å². The summed E-state index contributed by atoms with van der Waals surface area (Å²) in [7, 11) is 0. The molecule has 1 aliphatic rings. The summed E-state index contributed by atoms with van der Waals surface area (Å²) in [6.45, 7) is 8.96. The van der Waals surface area contributed by atoms with Crippen molar-refractivity contribution in [3.8, 4) is 0 Å². The zero-order chi connectivity index (χ0) is 11.8. The van der Waals surface area contributed by atoms with E-state index in [4.69, 9.17) is 9.84 Å². The van der Waals surface area contributed by atoms with Gasteiger partial charge in [-0.3, -0.25) is 4.90 Å². The minimum atomic E-state index is 0.117. The summed E-state index contributed by atoms with van der Waals surface area (Å²) in [5.41, 5.74) is 0. The molecule has 1 aliphatic heterocycles. The van der Waals surface area contributed by atoms with Crippen LogP contribution in [0.15, 0.2) is 0 Å². The lowest BCUT2D eigenvalue weighted by Gasteiger charge is -2.29. The Balaban J connectivity index is 2.18. The highest BCUT2D eigenvalue weighted by atomic mass is 16.5. The van der Waals surface area contributed by atoms with Crippen LogP contribution in [0.1, 0.15) is 26.7 Å². The van der Waals surface area contributed by atoms with Crippen LogP contribution in [0.4, 0.5) is 0 Å². The first-order chi connectivity index (χ1) is 7.74. The normalized spacial score (nSPS) is 21.2. The molecule has 0 aromatic rings. The van der Waals surface area contributed by atoms with Gasteiger partial charge in [0.25, 0.3) is 0 Å². The first-order valence-corrected chi connectivity index (χ1v) is 6.40. The Morgan fingerprint density at radius 2 is 2.25 bits per heavy atom. The number of hydrogen-bond acceptors (Lipinski definition) is 4. The number of hydrogen-bond donors (Lipinski definition) is 2. The number of nitrogens with zero attached hydrogens (tertiary/aromatic N) is 1. The van der Waals surface area contributed by atoms with Gasteiger partial charge in [-0.1, -0.05) is 0 Å². The molecule has 0 aromatic carbocycles. The fraction of sp³-hybridized carbons (Fsp3) is 1.00. The maximum atomic E-state index is 8.62. The molecule has 0 amide bonds. The molecule has 1 fully saturated rings. The van der Waals surface area contributed by atoms with Gasteiger partial charge in [-0.15, -0.1) is 0 Å². The van der Waals surface area contributed by atoms with Crippen molar-refractivity contribution < 1.29 is 9.84 Å². The minimum Gasteiger partial charge on any atom is -0.394 e. The maximum Gasteiger partial charge on any atom is 0.0698 e. The Hall–Kier alpha value is -0.160. The molecule has 1 heterocycles. The van der Waals surface area contributed by atoms with Crippen LogP contribution in [0.5, 0.6) is 0 Å². The van der Waals surface area contributed by atoms with E-state index in [0.29, 0.717) is 25.3 Å². The second kappa shape index (κ2) is 8.01. The second-order valence-corrected chi connectivity index (χ2v) is 4.72. The first kappa shape index (κ1) is 13.9. The highest BCUT2D eigenvalue weighted by molar-refractivity contribution is 4.79. The third-order valence-corrected chi connectivity index (χ3v) is 3.11. The predicted octanol–water partition coefficient (Wildman–Crippen LogP) is 0.458. The molecule has 0 aliphatic carbocycles. The largest absolute Gasteiger partial charge is 0.394 e. The average molecular weight is 230 g/mol. The third kappa shape index (κ3) is 5.25. The van der Waals surface area contributed by atoms with Crippen LogP contribution in [-0.4, -0.2) is 61.5 Å². The molecular formula is C12H26N2O2. The summed E-state index contributed by atoms with van der Waals surface area (Å²) in [6.07, 6.45) is 2.60. The number of nitrogens with one attached hydrogen (secondary N) is 1. The predicted molar refractivity (Wildman–Crippen MR) is 65.6 cm³/mol. The quantitative estimate of drug-likeness (QED) is 0.595. The van der Waals surface area contributed by atoms with Gasteiger partial charge < -0.3 is 15.2 Å². The van der Waals surface area contributed by atoms with E-state index >= 15 is 0 Å². The molecule has 16 heavy (non-hydrogen) atoms. The molecule has 1 atom stereocenters. The molecule has 0 saturated carbocycles. The maximum absolute atomic E-state index is 8.62. The minimum absolute atomic E-state index is 0.117. The van der Waals surface area contributed by atoms with E-state index in [2.05, 4.69) is 24.1 Å². The molecule has 0 bridgehead atoms. The average Bonchev–Trinajstić information content (AvgIpc) is 2.75. The Morgan fingerprint density at radius 3 is 2.81 bits per heavy atom. The zero-order valence-electron chi connectivity index (χ0n) is 10.6. The van der Waals surface area contributed by atoms with Crippen LogP contribution in [0, 0.1) is 0 Å². The lowest BCUT2D eigenvalue weighted by molar-refractivity contribution is 0.0645. The van der Waals surface area contributed by atoms with E-state index in [-0.39, 0.29) is 6.61 Å². The lowest BCUT2D eigenvalue weighted by atomic mass is 10.2. The summed E-state index contributed by atoms with van der Waals surface area (Å²) < 4.78 is 5.32. The van der Waals surface area contributed by atoms with Gasteiger partial charge in [0.2, 0.25) is 0 Å². The zero-order valence-corrected chi connectivity index (χ0v) is 10.6. The van der Waals surface area contributed by atoms with Gasteiger partial charge in [-0.2, -0.15) is 0 Å². The van der Waals surface area contributed by atoms with E-state index < -0.39 is 0 Å². The van der Waals surface area contributed by atoms with Crippen LogP contribution in [0.25, 0.3) is 0 Å². The van der Waals surface area contributed by atoms with E-state index in [0.717, 1.165) is 19.6 Å². The van der Waals surface area contributed by atoms with Crippen LogP contribution in [-0.2, 0) is 4.74 Å². The van der Waals surface area contributed by atoms with E-state index in [1.807, 2.05) is 0 Å². The van der Waals surface area contributed by atoms with Crippen molar-refractivity contribution in [2.24, 2.45) is 0 Å². The molecule has 1 saturated heterocycles. The number of ether oxygens (including phenoxy) is 1. The lowest BCUT2D eigenvalue weighted by Crippen LogP contribution is -2.42. The van der Waals surface area contributed by atoms with Crippen LogP contribution in [0.3, 0.4) is 0 Å². The molecule has 1 rings (SSSR count). The summed E-state index contributed by atoms with van der Waals surface area (Å²) in [5.74, 6) is 0. The van der Waals surface area contributed by atoms with Gasteiger partial charge >= 0.3 is 0 Å². The topological polar surface area (TPSA) is 44.7 Å². The van der Waals surface area contributed by atoms with Crippen molar-refractivity contribution in [1.82, 2.24) is 10.2 Å². The molecule has 96 valence electrons. The fourth-order valence-electron chi connectivity index (χ4n) is 2.10. The summed E-state index contributed by atoms with van der Waals surface area (Å²) in [4.78, 5) is 2.44. The van der Waals surface area contributed by atoms with Crippen LogP contribution in [0.2, 0.25) is 0 Å². The molecule has 0 radical (unpaired) electrons. The summed E-state index contributed by atoms with van der Waals surface area (Å²) in [6, 6.07) is 1.21. The number of rotatable bonds is 8. The van der Waals surface area contributed by atoms with Crippen molar-refractivity contribution in [2.75, 3.05) is 39.5 Å². The monoisotopic (exact) mass is 230 g/mol. The van der Waals surface area contributed by atoms with E-state index in [1.165, 1.54) is 12.8 Å². The van der Waals surface area contributed by atoms with E-state index in [1.54, 1.807) is 0 Å². The molecule has 1 unspecified atom stereocenters. The molecule has 2 N–H and O–H groups in total. The van der Waals surface area contributed by atoms with Crippen molar-refractivity contribution >= 4 is 0 Å². The Labute approximate surface area is 99.0 Å². The summed E-state index contributed by atoms with van der Waals surface area (Å²) >= 11 is 0. The van der Waals surface area contributed by atoms with Gasteiger partial charge in [-0.25, -0.2) is 0 Å². The molecular weight excluding hydrogens is 204 g/mol. The van der Waals surface area contributed by atoms with Gasteiger partial charge in [-0.05, 0) is 33.2 Å².